The zero-order valence-corrected chi connectivity index (χ0v) is 12.0. The van der Waals surface area contributed by atoms with Crippen molar-refractivity contribution in [1.29, 1.82) is 0 Å². The van der Waals surface area contributed by atoms with Gasteiger partial charge in [-0.15, -0.1) is 0 Å². The number of piperazine rings is 1. The highest BCUT2D eigenvalue weighted by Gasteiger charge is 2.26. The molecule has 1 fully saturated rings. The topological polar surface area (TPSA) is 65.2 Å². The fourth-order valence-electron chi connectivity index (χ4n) is 2.77. The zero-order chi connectivity index (χ0) is 14.2. The van der Waals surface area contributed by atoms with Gasteiger partial charge in [0.15, 0.2) is 5.78 Å². The number of ketones is 1. The van der Waals surface area contributed by atoms with Crippen LogP contribution in [0.5, 0.6) is 0 Å². The van der Waals surface area contributed by atoms with E-state index in [-0.39, 0.29) is 11.7 Å². The van der Waals surface area contributed by atoms with E-state index >= 15 is 0 Å². The van der Waals surface area contributed by atoms with E-state index in [1.165, 1.54) is 6.92 Å². The van der Waals surface area contributed by atoms with Crippen molar-refractivity contribution >= 4 is 11.7 Å². The van der Waals surface area contributed by atoms with Crippen molar-refractivity contribution in [3.8, 4) is 0 Å². The van der Waals surface area contributed by atoms with Gasteiger partial charge < -0.3 is 15.2 Å². The van der Waals surface area contributed by atoms with Crippen LogP contribution in [-0.4, -0.2) is 47.3 Å². The second-order valence-corrected chi connectivity index (χ2v) is 5.29. The molecule has 5 nitrogen and oxygen atoms in total. The van der Waals surface area contributed by atoms with Gasteiger partial charge in [0.05, 0.1) is 0 Å². The Labute approximate surface area is 113 Å². The van der Waals surface area contributed by atoms with E-state index in [9.17, 15) is 9.59 Å². The third kappa shape index (κ3) is 2.56. The molecule has 2 N–H and O–H groups in total. The quantitative estimate of drug-likeness (QED) is 0.790. The van der Waals surface area contributed by atoms with E-state index in [2.05, 4.69) is 17.2 Å². The van der Waals surface area contributed by atoms with Crippen LogP contribution in [0.3, 0.4) is 0 Å². The first-order chi connectivity index (χ1) is 8.91. The number of aromatic nitrogens is 1. The molecule has 1 amide bonds. The van der Waals surface area contributed by atoms with Gasteiger partial charge in [0.1, 0.15) is 5.69 Å². The lowest BCUT2D eigenvalue weighted by Crippen LogP contribution is -2.51. The predicted octanol–water partition coefficient (Wildman–Crippen LogP) is 1.27. The minimum absolute atomic E-state index is 0.000945. The van der Waals surface area contributed by atoms with E-state index < -0.39 is 0 Å². The third-order valence-electron chi connectivity index (χ3n) is 3.66. The van der Waals surface area contributed by atoms with Gasteiger partial charge >= 0.3 is 0 Å². The molecular formula is C14H21N3O2. The monoisotopic (exact) mass is 263 g/mol. The highest BCUT2D eigenvalue weighted by Crippen LogP contribution is 2.20. The Morgan fingerprint density at radius 2 is 2.00 bits per heavy atom. The molecule has 0 spiro atoms. The van der Waals surface area contributed by atoms with E-state index in [1.54, 1.807) is 0 Å². The van der Waals surface area contributed by atoms with Crippen LogP contribution in [0.2, 0.25) is 0 Å². The number of aryl methyl sites for hydroxylation is 1. The maximum atomic E-state index is 12.5. The van der Waals surface area contributed by atoms with E-state index in [1.807, 2.05) is 18.7 Å². The predicted molar refractivity (Wildman–Crippen MR) is 73.6 cm³/mol. The number of H-pyrrole nitrogens is 1. The molecule has 1 aliphatic heterocycles. The minimum Gasteiger partial charge on any atom is -0.354 e. The highest BCUT2D eigenvalue weighted by atomic mass is 16.2. The summed E-state index contributed by atoms with van der Waals surface area (Å²) in [6, 6.07) is 0.307. The summed E-state index contributed by atoms with van der Waals surface area (Å²) in [5.41, 5.74) is 2.74. The first-order valence-corrected chi connectivity index (χ1v) is 6.64. The number of amides is 1. The zero-order valence-electron chi connectivity index (χ0n) is 12.0. The van der Waals surface area contributed by atoms with E-state index in [4.69, 9.17) is 0 Å². The molecular weight excluding hydrogens is 242 g/mol. The van der Waals surface area contributed by atoms with Crippen molar-refractivity contribution in [1.82, 2.24) is 15.2 Å². The molecule has 1 aromatic heterocycles. The van der Waals surface area contributed by atoms with Crippen molar-refractivity contribution < 1.29 is 9.59 Å². The van der Waals surface area contributed by atoms with Crippen LogP contribution < -0.4 is 5.32 Å². The summed E-state index contributed by atoms with van der Waals surface area (Å²) in [7, 11) is 0. The molecule has 1 saturated heterocycles. The van der Waals surface area contributed by atoms with Gasteiger partial charge in [0.2, 0.25) is 0 Å². The first-order valence-electron chi connectivity index (χ1n) is 6.64. The van der Waals surface area contributed by atoms with Crippen LogP contribution in [0.1, 0.15) is 46.0 Å². The van der Waals surface area contributed by atoms with Crippen LogP contribution in [0.4, 0.5) is 0 Å². The molecule has 1 aliphatic rings. The molecule has 1 unspecified atom stereocenters. The fourth-order valence-corrected chi connectivity index (χ4v) is 2.77. The lowest BCUT2D eigenvalue weighted by molar-refractivity contribution is 0.0703. The van der Waals surface area contributed by atoms with Gasteiger partial charge in [-0.1, -0.05) is 0 Å². The summed E-state index contributed by atoms with van der Waals surface area (Å²) < 4.78 is 0. The number of hydrogen-bond acceptors (Lipinski definition) is 3. The van der Waals surface area contributed by atoms with Crippen molar-refractivity contribution in [2.24, 2.45) is 0 Å². The molecule has 5 heteroatoms. The maximum absolute atomic E-state index is 12.5. The van der Waals surface area contributed by atoms with Crippen LogP contribution in [0.25, 0.3) is 0 Å². The molecule has 0 aliphatic carbocycles. The second kappa shape index (κ2) is 5.17. The van der Waals surface area contributed by atoms with Gasteiger partial charge in [-0.25, -0.2) is 0 Å². The highest BCUT2D eigenvalue weighted by molar-refractivity contribution is 6.02. The largest absolute Gasteiger partial charge is 0.354 e. The molecule has 19 heavy (non-hydrogen) atoms. The Morgan fingerprint density at radius 1 is 1.32 bits per heavy atom. The number of nitrogens with zero attached hydrogens (tertiary/aromatic N) is 1. The molecule has 2 rings (SSSR count). The minimum atomic E-state index is -0.0125. The SMILES string of the molecule is CC(=O)c1c(C)[nH]c(C(=O)N2CCNC(C)C2)c1C. The average Bonchev–Trinajstić information content (AvgIpc) is 2.63. The van der Waals surface area contributed by atoms with Gasteiger partial charge in [0.25, 0.3) is 5.91 Å². The summed E-state index contributed by atoms with van der Waals surface area (Å²) in [6.45, 7) is 9.48. The molecule has 2 heterocycles. The fraction of sp³-hybridized carbons (Fsp3) is 0.571. The van der Waals surface area contributed by atoms with Gasteiger partial charge in [-0.05, 0) is 33.3 Å². The number of carbonyl (C=O) groups is 2. The Morgan fingerprint density at radius 3 is 2.53 bits per heavy atom. The first kappa shape index (κ1) is 13.8. The second-order valence-electron chi connectivity index (χ2n) is 5.29. The van der Waals surface area contributed by atoms with Crippen LogP contribution >= 0.6 is 0 Å². The maximum Gasteiger partial charge on any atom is 0.270 e. The smallest absolute Gasteiger partial charge is 0.270 e. The molecule has 0 bridgehead atoms. The lowest BCUT2D eigenvalue weighted by atomic mass is 10.1. The summed E-state index contributed by atoms with van der Waals surface area (Å²) in [4.78, 5) is 29.0. The Bertz CT molecular complexity index is 519. The number of carbonyl (C=O) groups excluding carboxylic acids is 2. The molecule has 1 aromatic rings. The molecule has 0 aromatic carbocycles. The Balaban J connectivity index is 2.29. The third-order valence-corrected chi connectivity index (χ3v) is 3.66. The summed E-state index contributed by atoms with van der Waals surface area (Å²) >= 11 is 0. The molecule has 1 atom stereocenters. The van der Waals surface area contributed by atoms with Crippen molar-refractivity contribution in [3.63, 3.8) is 0 Å². The van der Waals surface area contributed by atoms with E-state index in [0.717, 1.165) is 17.8 Å². The van der Waals surface area contributed by atoms with Gasteiger partial charge in [0, 0.05) is 36.9 Å². The number of nitrogens with one attached hydrogen (secondary N) is 2. The standard InChI is InChI=1S/C14H21N3O2/c1-8-7-17(6-5-15-8)14(19)13-9(2)12(11(4)18)10(3)16-13/h8,15-16H,5-7H2,1-4H3. The molecule has 0 radical (unpaired) electrons. The van der Waals surface area contributed by atoms with Crippen molar-refractivity contribution in [2.75, 3.05) is 19.6 Å². The van der Waals surface area contributed by atoms with Crippen LogP contribution in [0, 0.1) is 13.8 Å². The normalized spacial score (nSPS) is 19.6. The van der Waals surface area contributed by atoms with Gasteiger partial charge in [-0.2, -0.15) is 0 Å². The summed E-state index contributed by atoms with van der Waals surface area (Å²) in [5.74, 6) is -0.0135. The number of hydrogen-bond donors (Lipinski definition) is 2. The van der Waals surface area contributed by atoms with E-state index in [0.29, 0.717) is 30.4 Å². The Hall–Kier alpha value is -1.62. The number of rotatable bonds is 2. The summed E-state index contributed by atoms with van der Waals surface area (Å²) in [6.07, 6.45) is 0. The number of aromatic amines is 1. The lowest BCUT2D eigenvalue weighted by Gasteiger charge is -2.31. The molecule has 104 valence electrons. The molecule has 0 saturated carbocycles. The van der Waals surface area contributed by atoms with Crippen LogP contribution in [0.15, 0.2) is 0 Å². The average molecular weight is 263 g/mol. The summed E-state index contributed by atoms with van der Waals surface area (Å²) in [5, 5.41) is 3.31. The van der Waals surface area contributed by atoms with Gasteiger partial charge in [-0.3, -0.25) is 9.59 Å². The van der Waals surface area contributed by atoms with Crippen LogP contribution in [-0.2, 0) is 0 Å². The number of Topliss-reactive ketones (excluding diaryl/α,β-unsaturated/α-hetero) is 1. The van der Waals surface area contributed by atoms with Crippen molar-refractivity contribution in [2.45, 2.75) is 33.7 Å². The van der Waals surface area contributed by atoms with Crippen molar-refractivity contribution in [3.05, 3.63) is 22.5 Å². The Kier molecular flexibility index (Phi) is 3.75.